The maximum Gasteiger partial charge on any atom is 0.317 e. The van der Waals surface area contributed by atoms with Crippen molar-refractivity contribution in [1.82, 2.24) is 0 Å². The summed E-state index contributed by atoms with van der Waals surface area (Å²) in [5.41, 5.74) is 0.928. The first kappa shape index (κ1) is 17.6. The predicted octanol–water partition coefficient (Wildman–Crippen LogP) is 3.22. The zero-order valence-corrected chi connectivity index (χ0v) is 13.9. The number of carbonyl (C=O) groups is 2. The number of hydrogen-bond donors (Lipinski definition) is 1. The van der Waals surface area contributed by atoms with Gasteiger partial charge in [-0.05, 0) is 37.3 Å². The number of nitrogens with zero attached hydrogens (tertiary/aromatic N) is 1. The van der Waals surface area contributed by atoms with Crippen LogP contribution in [-0.4, -0.2) is 23.7 Å². The number of nitriles is 1. The van der Waals surface area contributed by atoms with E-state index in [1.165, 1.54) is 18.7 Å². The summed E-state index contributed by atoms with van der Waals surface area (Å²) in [6.07, 6.45) is -0.917. The summed E-state index contributed by atoms with van der Waals surface area (Å²) < 4.78 is 5.13. The highest BCUT2D eigenvalue weighted by atomic mass is 32.2. The van der Waals surface area contributed by atoms with Crippen LogP contribution in [0.1, 0.15) is 12.5 Å². The van der Waals surface area contributed by atoms with Crippen LogP contribution >= 0.6 is 11.8 Å². The van der Waals surface area contributed by atoms with Crippen molar-refractivity contribution in [1.29, 1.82) is 5.26 Å². The molecule has 1 amide bonds. The van der Waals surface area contributed by atoms with Crippen LogP contribution in [0.4, 0.5) is 5.69 Å². The summed E-state index contributed by atoms with van der Waals surface area (Å²) in [6.45, 7) is 1.51. The van der Waals surface area contributed by atoms with Gasteiger partial charge in [0, 0.05) is 10.6 Å². The number of ether oxygens (including phenoxy) is 1. The van der Waals surface area contributed by atoms with Crippen LogP contribution in [0.25, 0.3) is 0 Å². The number of benzene rings is 2. The topological polar surface area (TPSA) is 79.2 Å². The van der Waals surface area contributed by atoms with E-state index in [4.69, 9.17) is 10.00 Å². The lowest BCUT2D eigenvalue weighted by molar-refractivity contribution is -0.150. The van der Waals surface area contributed by atoms with Crippen molar-refractivity contribution in [3.8, 4) is 6.07 Å². The normalized spacial score (nSPS) is 11.2. The summed E-state index contributed by atoms with van der Waals surface area (Å²) in [7, 11) is 0. The van der Waals surface area contributed by atoms with Gasteiger partial charge in [-0.1, -0.05) is 24.3 Å². The second kappa shape index (κ2) is 8.75. The quantitative estimate of drug-likeness (QED) is 0.645. The molecule has 2 aromatic rings. The second-order valence-electron chi connectivity index (χ2n) is 4.92. The largest absolute Gasteiger partial charge is 0.452 e. The van der Waals surface area contributed by atoms with Crippen molar-refractivity contribution in [2.24, 2.45) is 0 Å². The third-order valence-electron chi connectivity index (χ3n) is 3.04. The molecule has 0 bridgehead atoms. The average molecular weight is 340 g/mol. The van der Waals surface area contributed by atoms with Gasteiger partial charge >= 0.3 is 5.97 Å². The Balaban J connectivity index is 1.82. The molecule has 2 aromatic carbocycles. The minimum absolute atomic E-state index is 0.131. The summed E-state index contributed by atoms with van der Waals surface area (Å²) in [6, 6.07) is 18.0. The van der Waals surface area contributed by atoms with E-state index in [-0.39, 0.29) is 5.75 Å². The SMILES string of the molecule is C[C@@H](OC(=O)CSc1ccccc1)C(=O)Nc1cccc(C#N)c1. The number of thioether (sulfide) groups is 1. The first-order valence-corrected chi connectivity index (χ1v) is 8.25. The van der Waals surface area contributed by atoms with Crippen molar-refractivity contribution in [2.75, 3.05) is 11.1 Å². The molecule has 0 aliphatic heterocycles. The average Bonchev–Trinajstić information content (AvgIpc) is 2.61. The van der Waals surface area contributed by atoms with Gasteiger partial charge in [0.15, 0.2) is 6.10 Å². The molecule has 1 atom stereocenters. The molecule has 0 aliphatic carbocycles. The monoisotopic (exact) mass is 340 g/mol. The van der Waals surface area contributed by atoms with Gasteiger partial charge in [-0.3, -0.25) is 9.59 Å². The zero-order chi connectivity index (χ0) is 17.4. The molecular weight excluding hydrogens is 324 g/mol. The maximum atomic E-state index is 12.0. The lowest BCUT2D eigenvalue weighted by Gasteiger charge is -2.13. The summed E-state index contributed by atoms with van der Waals surface area (Å²) >= 11 is 1.35. The lowest BCUT2D eigenvalue weighted by Crippen LogP contribution is -2.30. The molecule has 1 N–H and O–H groups in total. The predicted molar refractivity (Wildman–Crippen MR) is 92.5 cm³/mol. The van der Waals surface area contributed by atoms with E-state index in [0.29, 0.717) is 11.3 Å². The van der Waals surface area contributed by atoms with Crippen LogP contribution in [0.2, 0.25) is 0 Å². The van der Waals surface area contributed by atoms with E-state index in [9.17, 15) is 9.59 Å². The molecule has 0 unspecified atom stereocenters. The molecule has 0 aliphatic rings. The maximum absolute atomic E-state index is 12.0. The van der Waals surface area contributed by atoms with Gasteiger partial charge in [-0.15, -0.1) is 11.8 Å². The molecule has 0 radical (unpaired) electrons. The molecule has 6 heteroatoms. The van der Waals surface area contributed by atoms with Gasteiger partial charge in [-0.2, -0.15) is 5.26 Å². The smallest absolute Gasteiger partial charge is 0.317 e. The fourth-order valence-corrected chi connectivity index (χ4v) is 2.56. The van der Waals surface area contributed by atoms with E-state index in [2.05, 4.69) is 5.32 Å². The molecule has 122 valence electrons. The Hall–Kier alpha value is -2.78. The van der Waals surface area contributed by atoms with E-state index >= 15 is 0 Å². The number of nitrogens with one attached hydrogen (secondary N) is 1. The number of hydrogen-bond acceptors (Lipinski definition) is 5. The molecule has 0 fully saturated rings. The van der Waals surface area contributed by atoms with Crippen LogP contribution in [0.3, 0.4) is 0 Å². The number of anilines is 1. The van der Waals surface area contributed by atoms with Gasteiger partial charge in [0.2, 0.25) is 0 Å². The molecule has 2 rings (SSSR count). The second-order valence-corrected chi connectivity index (χ2v) is 5.96. The van der Waals surface area contributed by atoms with E-state index in [0.717, 1.165) is 4.90 Å². The number of esters is 1. The molecule has 0 spiro atoms. The highest BCUT2D eigenvalue weighted by Gasteiger charge is 2.18. The van der Waals surface area contributed by atoms with Crippen LogP contribution in [0, 0.1) is 11.3 Å². The molecule has 0 saturated carbocycles. The standard InChI is InChI=1S/C18H16N2O3S/c1-13(18(22)20-15-7-5-6-14(10-15)11-19)23-17(21)12-24-16-8-3-2-4-9-16/h2-10,13H,12H2,1H3,(H,20,22)/t13-/m1/s1. The Kier molecular flexibility index (Phi) is 6.41. The van der Waals surface area contributed by atoms with Crippen molar-refractivity contribution >= 4 is 29.3 Å². The van der Waals surface area contributed by atoms with E-state index < -0.39 is 18.0 Å². The Morgan fingerprint density at radius 2 is 1.96 bits per heavy atom. The minimum Gasteiger partial charge on any atom is -0.452 e. The van der Waals surface area contributed by atoms with Gasteiger partial charge < -0.3 is 10.1 Å². The van der Waals surface area contributed by atoms with Gasteiger partial charge in [-0.25, -0.2) is 0 Å². The molecular formula is C18H16N2O3S. The molecule has 0 aromatic heterocycles. The Labute approximate surface area is 144 Å². The Morgan fingerprint density at radius 1 is 1.21 bits per heavy atom. The molecule has 24 heavy (non-hydrogen) atoms. The fraction of sp³-hybridized carbons (Fsp3) is 0.167. The minimum atomic E-state index is -0.917. The third kappa shape index (κ3) is 5.45. The Bertz CT molecular complexity index is 756. The zero-order valence-electron chi connectivity index (χ0n) is 13.1. The van der Waals surface area contributed by atoms with Gasteiger partial charge in [0.25, 0.3) is 5.91 Å². The number of carbonyl (C=O) groups excluding carboxylic acids is 2. The first-order chi connectivity index (χ1) is 11.6. The van der Waals surface area contributed by atoms with E-state index in [1.54, 1.807) is 24.3 Å². The van der Waals surface area contributed by atoms with Crippen LogP contribution in [0.5, 0.6) is 0 Å². The highest BCUT2D eigenvalue weighted by Crippen LogP contribution is 2.17. The third-order valence-corrected chi connectivity index (χ3v) is 4.02. The van der Waals surface area contributed by atoms with Crippen molar-refractivity contribution in [2.45, 2.75) is 17.9 Å². The van der Waals surface area contributed by atoms with Crippen LogP contribution < -0.4 is 5.32 Å². The van der Waals surface area contributed by atoms with Crippen molar-refractivity contribution in [3.63, 3.8) is 0 Å². The summed E-state index contributed by atoms with van der Waals surface area (Å²) in [4.78, 5) is 24.8. The van der Waals surface area contributed by atoms with Crippen molar-refractivity contribution in [3.05, 3.63) is 60.2 Å². The first-order valence-electron chi connectivity index (χ1n) is 7.27. The number of rotatable bonds is 6. The summed E-state index contributed by atoms with van der Waals surface area (Å²) in [5.74, 6) is -0.772. The van der Waals surface area contributed by atoms with Gasteiger partial charge in [0.05, 0.1) is 17.4 Å². The highest BCUT2D eigenvalue weighted by molar-refractivity contribution is 8.00. The Morgan fingerprint density at radius 3 is 2.67 bits per heavy atom. The molecule has 0 heterocycles. The van der Waals surface area contributed by atoms with Crippen LogP contribution in [-0.2, 0) is 14.3 Å². The van der Waals surface area contributed by atoms with Crippen LogP contribution in [0.15, 0.2) is 59.5 Å². The van der Waals surface area contributed by atoms with E-state index in [1.807, 2.05) is 36.4 Å². The molecule has 5 nitrogen and oxygen atoms in total. The van der Waals surface area contributed by atoms with Gasteiger partial charge in [0.1, 0.15) is 0 Å². The van der Waals surface area contributed by atoms with Crippen molar-refractivity contribution < 1.29 is 14.3 Å². The summed E-state index contributed by atoms with van der Waals surface area (Å²) in [5, 5.41) is 11.5. The fourth-order valence-electron chi connectivity index (χ4n) is 1.85. The number of amides is 1. The molecule has 0 saturated heterocycles. The lowest BCUT2D eigenvalue weighted by atomic mass is 10.2.